The van der Waals surface area contributed by atoms with Crippen molar-refractivity contribution < 1.29 is 9.53 Å². The van der Waals surface area contributed by atoms with Crippen molar-refractivity contribution in [3.8, 4) is 5.69 Å². The smallest absolute Gasteiger partial charge is 0.284 e. The Labute approximate surface area is 151 Å². The van der Waals surface area contributed by atoms with E-state index in [9.17, 15) is 4.79 Å². The number of ether oxygens (including phenoxy) is 1. The number of fused-ring (bicyclic) bond motifs is 1. The molecule has 7 nitrogen and oxygen atoms in total. The first-order valence-electron chi connectivity index (χ1n) is 8.69. The van der Waals surface area contributed by atoms with E-state index < -0.39 is 0 Å². The van der Waals surface area contributed by atoms with Gasteiger partial charge in [-0.15, -0.1) is 0 Å². The summed E-state index contributed by atoms with van der Waals surface area (Å²) in [5, 5.41) is 7.48. The Kier molecular flexibility index (Phi) is 4.40. The van der Waals surface area contributed by atoms with Crippen LogP contribution < -0.4 is 5.43 Å². The Morgan fingerprint density at radius 1 is 1.15 bits per heavy atom. The number of rotatable bonds is 3. The molecule has 0 aliphatic carbocycles. The molecule has 1 aliphatic rings. The van der Waals surface area contributed by atoms with Gasteiger partial charge in [-0.3, -0.25) is 10.2 Å². The van der Waals surface area contributed by atoms with Gasteiger partial charge in [0.2, 0.25) is 0 Å². The van der Waals surface area contributed by atoms with E-state index in [4.69, 9.17) is 4.74 Å². The third kappa shape index (κ3) is 3.07. The fraction of sp³-hybridized carbons (Fsp3) is 0.316. The van der Waals surface area contributed by atoms with Crippen LogP contribution in [-0.2, 0) is 4.74 Å². The standard InChI is InChI=1S/C19H21N5O2/c1-13-12-16(19(25)22-23-8-10-26-11-9-23)20-18-17(13)14(2)21-24(18)15-6-4-3-5-7-15/h3-7,12H,8-11H2,1-2H3,(H,22,25). The summed E-state index contributed by atoms with van der Waals surface area (Å²) in [4.78, 5) is 17.3. The number of para-hydroxylation sites is 1. The Balaban J connectivity index is 1.74. The number of pyridine rings is 1. The number of aromatic nitrogens is 3. The highest BCUT2D eigenvalue weighted by molar-refractivity contribution is 5.95. The number of benzene rings is 1. The van der Waals surface area contributed by atoms with E-state index >= 15 is 0 Å². The van der Waals surface area contributed by atoms with E-state index in [1.807, 2.05) is 55.3 Å². The highest BCUT2D eigenvalue weighted by atomic mass is 16.5. The van der Waals surface area contributed by atoms with Crippen molar-refractivity contribution in [1.82, 2.24) is 25.2 Å². The summed E-state index contributed by atoms with van der Waals surface area (Å²) in [6.07, 6.45) is 0. The molecule has 1 saturated heterocycles. The maximum absolute atomic E-state index is 12.7. The van der Waals surface area contributed by atoms with Crippen molar-refractivity contribution in [3.05, 3.63) is 53.3 Å². The number of carbonyl (C=O) groups excluding carboxylic acids is 1. The number of carbonyl (C=O) groups is 1. The van der Waals surface area contributed by atoms with E-state index in [2.05, 4.69) is 15.5 Å². The van der Waals surface area contributed by atoms with Gasteiger partial charge in [-0.1, -0.05) is 18.2 Å². The van der Waals surface area contributed by atoms with Gasteiger partial charge in [0.15, 0.2) is 5.65 Å². The second kappa shape index (κ2) is 6.86. The SMILES string of the molecule is Cc1cc(C(=O)NN2CCOCC2)nc2c1c(C)nn2-c1ccccc1. The second-order valence-electron chi connectivity index (χ2n) is 6.40. The van der Waals surface area contributed by atoms with Crippen LogP contribution in [0, 0.1) is 13.8 Å². The number of amides is 1. The van der Waals surface area contributed by atoms with Gasteiger partial charge in [-0.05, 0) is 37.6 Å². The molecule has 0 radical (unpaired) electrons. The summed E-state index contributed by atoms with van der Waals surface area (Å²) in [7, 11) is 0. The summed E-state index contributed by atoms with van der Waals surface area (Å²) in [5.41, 5.74) is 6.80. The lowest BCUT2D eigenvalue weighted by Crippen LogP contribution is -2.48. The largest absolute Gasteiger partial charge is 0.379 e. The van der Waals surface area contributed by atoms with Crippen LogP contribution in [0.25, 0.3) is 16.7 Å². The third-order valence-corrected chi connectivity index (χ3v) is 4.51. The maximum atomic E-state index is 12.7. The summed E-state index contributed by atoms with van der Waals surface area (Å²) in [6, 6.07) is 11.6. The Hall–Kier alpha value is -2.77. The average Bonchev–Trinajstić information content (AvgIpc) is 3.00. The quantitative estimate of drug-likeness (QED) is 0.782. The van der Waals surface area contributed by atoms with Gasteiger partial charge >= 0.3 is 0 Å². The molecule has 0 bridgehead atoms. The van der Waals surface area contributed by atoms with Gasteiger partial charge in [0, 0.05) is 18.5 Å². The zero-order valence-corrected chi connectivity index (χ0v) is 14.9. The molecule has 0 unspecified atom stereocenters. The summed E-state index contributed by atoms with van der Waals surface area (Å²) in [6.45, 7) is 6.53. The van der Waals surface area contributed by atoms with Gasteiger partial charge in [0.1, 0.15) is 5.69 Å². The number of nitrogens with one attached hydrogen (secondary N) is 1. The van der Waals surface area contributed by atoms with Crippen LogP contribution in [0.3, 0.4) is 0 Å². The fourth-order valence-corrected chi connectivity index (χ4v) is 3.25. The highest BCUT2D eigenvalue weighted by Gasteiger charge is 2.19. The van der Waals surface area contributed by atoms with E-state index in [0.717, 1.165) is 22.3 Å². The lowest BCUT2D eigenvalue weighted by atomic mass is 10.1. The zero-order valence-electron chi connectivity index (χ0n) is 14.9. The van der Waals surface area contributed by atoms with Crippen molar-refractivity contribution in [2.45, 2.75) is 13.8 Å². The molecule has 1 N–H and O–H groups in total. The first-order chi connectivity index (χ1) is 12.6. The van der Waals surface area contributed by atoms with E-state index in [0.29, 0.717) is 37.6 Å². The maximum Gasteiger partial charge on any atom is 0.284 e. The molecule has 3 aromatic rings. The first-order valence-corrected chi connectivity index (χ1v) is 8.69. The normalized spacial score (nSPS) is 15.3. The van der Waals surface area contributed by atoms with Crippen LogP contribution in [0.15, 0.2) is 36.4 Å². The molecule has 7 heteroatoms. The summed E-state index contributed by atoms with van der Waals surface area (Å²) in [5.74, 6) is -0.213. The van der Waals surface area contributed by atoms with Gasteiger partial charge in [-0.25, -0.2) is 14.7 Å². The van der Waals surface area contributed by atoms with Crippen LogP contribution in [0.4, 0.5) is 0 Å². The van der Waals surface area contributed by atoms with Crippen LogP contribution in [0.5, 0.6) is 0 Å². The number of aryl methyl sites for hydroxylation is 2. The highest BCUT2D eigenvalue weighted by Crippen LogP contribution is 2.24. The summed E-state index contributed by atoms with van der Waals surface area (Å²) < 4.78 is 7.11. The van der Waals surface area contributed by atoms with Gasteiger partial charge in [-0.2, -0.15) is 5.10 Å². The molecule has 4 rings (SSSR count). The summed E-state index contributed by atoms with van der Waals surface area (Å²) >= 11 is 0. The molecule has 0 atom stereocenters. The fourth-order valence-electron chi connectivity index (χ4n) is 3.25. The van der Waals surface area contributed by atoms with E-state index in [1.165, 1.54) is 0 Å². The molecular weight excluding hydrogens is 330 g/mol. The topological polar surface area (TPSA) is 72.3 Å². The minimum Gasteiger partial charge on any atom is -0.379 e. The monoisotopic (exact) mass is 351 g/mol. The van der Waals surface area contributed by atoms with Crippen molar-refractivity contribution in [2.24, 2.45) is 0 Å². The van der Waals surface area contributed by atoms with Crippen molar-refractivity contribution >= 4 is 16.9 Å². The second-order valence-corrected chi connectivity index (χ2v) is 6.40. The molecule has 0 spiro atoms. The average molecular weight is 351 g/mol. The molecule has 2 aromatic heterocycles. The van der Waals surface area contributed by atoms with Crippen LogP contribution in [0.2, 0.25) is 0 Å². The van der Waals surface area contributed by atoms with Gasteiger partial charge in [0.25, 0.3) is 5.91 Å². The zero-order chi connectivity index (χ0) is 18.1. The van der Waals surface area contributed by atoms with Crippen LogP contribution in [-0.4, -0.2) is 52.0 Å². The molecule has 134 valence electrons. The van der Waals surface area contributed by atoms with Crippen LogP contribution >= 0.6 is 0 Å². The van der Waals surface area contributed by atoms with Crippen LogP contribution in [0.1, 0.15) is 21.7 Å². The predicted molar refractivity (Wildman–Crippen MR) is 98.2 cm³/mol. The van der Waals surface area contributed by atoms with Gasteiger partial charge in [0.05, 0.1) is 24.6 Å². The number of hydrogen-bond donors (Lipinski definition) is 1. The minimum absolute atomic E-state index is 0.213. The Morgan fingerprint density at radius 3 is 2.62 bits per heavy atom. The third-order valence-electron chi connectivity index (χ3n) is 4.51. The van der Waals surface area contributed by atoms with Gasteiger partial charge < -0.3 is 4.74 Å². The minimum atomic E-state index is -0.213. The molecule has 1 amide bonds. The number of hydrazine groups is 1. The molecule has 3 heterocycles. The molecule has 26 heavy (non-hydrogen) atoms. The van der Waals surface area contributed by atoms with E-state index in [1.54, 1.807) is 4.68 Å². The molecule has 0 saturated carbocycles. The Morgan fingerprint density at radius 2 is 1.88 bits per heavy atom. The first kappa shape index (κ1) is 16.7. The number of nitrogens with zero attached hydrogens (tertiary/aromatic N) is 4. The van der Waals surface area contributed by atoms with Crippen molar-refractivity contribution in [2.75, 3.05) is 26.3 Å². The number of hydrogen-bond acceptors (Lipinski definition) is 5. The molecule has 1 aliphatic heterocycles. The predicted octanol–water partition coefficient (Wildman–Crippen LogP) is 2.01. The number of morpholine rings is 1. The molecular formula is C19H21N5O2. The van der Waals surface area contributed by atoms with Crippen molar-refractivity contribution in [1.29, 1.82) is 0 Å². The van der Waals surface area contributed by atoms with Crippen molar-refractivity contribution in [3.63, 3.8) is 0 Å². The Bertz CT molecular complexity index is 945. The lowest BCUT2D eigenvalue weighted by Gasteiger charge is -2.26. The van der Waals surface area contributed by atoms with E-state index in [-0.39, 0.29) is 5.91 Å². The molecule has 1 aromatic carbocycles. The lowest BCUT2D eigenvalue weighted by molar-refractivity contribution is 0.0124. The molecule has 1 fully saturated rings.